The van der Waals surface area contributed by atoms with Crippen molar-refractivity contribution in [2.24, 2.45) is 7.05 Å². The second-order valence-electron chi connectivity index (χ2n) is 10.8. The molecule has 1 atom stereocenters. The third-order valence-corrected chi connectivity index (χ3v) is 8.04. The van der Waals surface area contributed by atoms with Crippen molar-refractivity contribution in [1.29, 1.82) is 0 Å². The number of hydrogen-bond acceptors (Lipinski definition) is 5. The average Bonchev–Trinajstić information content (AvgIpc) is 3.27. The number of nitrogens with one attached hydrogen (secondary N) is 1. The summed E-state index contributed by atoms with van der Waals surface area (Å²) >= 11 is 0. The van der Waals surface area contributed by atoms with Crippen molar-refractivity contribution >= 4 is 11.6 Å². The number of aryl methyl sites for hydroxylation is 1. The zero-order valence-corrected chi connectivity index (χ0v) is 21.0. The van der Waals surface area contributed by atoms with Crippen LogP contribution >= 0.6 is 0 Å². The van der Waals surface area contributed by atoms with E-state index in [-0.39, 0.29) is 48.8 Å². The van der Waals surface area contributed by atoms with E-state index in [2.05, 4.69) is 15.5 Å². The first-order valence-corrected chi connectivity index (χ1v) is 12.5. The average molecular weight is 530 g/mol. The Labute approximate surface area is 216 Å². The number of aromatic nitrogens is 3. The SMILES string of the molecule is Cn1cnnc1[C@H](F)C1(c2cccc(N3Cc4c(cc(CNC5(C)CC5)cc4C(F)(F)F)C3=O)c2)COC1. The number of amides is 1. The second-order valence-corrected chi connectivity index (χ2v) is 10.8. The molecule has 0 unspecified atom stereocenters. The number of rotatable bonds is 7. The summed E-state index contributed by atoms with van der Waals surface area (Å²) < 4.78 is 64.9. The fraction of sp³-hybridized carbons (Fsp3) is 0.444. The highest BCUT2D eigenvalue weighted by Gasteiger charge is 2.51. The van der Waals surface area contributed by atoms with Gasteiger partial charge < -0.3 is 19.5 Å². The van der Waals surface area contributed by atoms with Crippen LogP contribution in [0.25, 0.3) is 0 Å². The molecule has 2 aliphatic heterocycles. The van der Waals surface area contributed by atoms with Gasteiger partial charge in [0.2, 0.25) is 0 Å². The summed E-state index contributed by atoms with van der Waals surface area (Å²) in [6.07, 6.45) is -2.78. The summed E-state index contributed by atoms with van der Waals surface area (Å²) in [7, 11) is 1.65. The monoisotopic (exact) mass is 529 g/mol. The molecule has 3 aromatic rings. The van der Waals surface area contributed by atoms with Crippen molar-refractivity contribution in [2.45, 2.75) is 56.2 Å². The van der Waals surface area contributed by atoms with E-state index >= 15 is 4.39 Å². The summed E-state index contributed by atoms with van der Waals surface area (Å²) in [5.41, 5.74) is -0.490. The summed E-state index contributed by atoms with van der Waals surface area (Å²) in [6, 6.07) is 9.44. The van der Waals surface area contributed by atoms with Gasteiger partial charge in [0, 0.05) is 30.4 Å². The van der Waals surface area contributed by atoms with Gasteiger partial charge >= 0.3 is 6.18 Å². The fourth-order valence-corrected chi connectivity index (χ4v) is 5.25. The van der Waals surface area contributed by atoms with Gasteiger partial charge in [-0.25, -0.2) is 4.39 Å². The van der Waals surface area contributed by atoms with Gasteiger partial charge in [-0.15, -0.1) is 10.2 Å². The number of benzene rings is 2. The molecule has 1 aromatic heterocycles. The molecule has 11 heteroatoms. The van der Waals surface area contributed by atoms with E-state index in [1.54, 1.807) is 37.4 Å². The number of hydrogen-bond donors (Lipinski definition) is 1. The minimum atomic E-state index is -4.60. The van der Waals surface area contributed by atoms with E-state index in [0.29, 0.717) is 16.8 Å². The van der Waals surface area contributed by atoms with Crippen LogP contribution in [0.5, 0.6) is 0 Å². The zero-order chi connectivity index (χ0) is 26.9. The van der Waals surface area contributed by atoms with Crippen LogP contribution in [0.15, 0.2) is 42.7 Å². The zero-order valence-electron chi connectivity index (χ0n) is 21.0. The summed E-state index contributed by atoms with van der Waals surface area (Å²) in [5.74, 6) is -0.356. The number of halogens is 4. The van der Waals surface area contributed by atoms with Gasteiger partial charge in [-0.05, 0) is 60.7 Å². The molecule has 6 rings (SSSR count). The Kier molecular flexibility index (Phi) is 5.66. The molecule has 3 aliphatic rings. The van der Waals surface area contributed by atoms with Gasteiger partial charge in [0.25, 0.3) is 5.91 Å². The van der Waals surface area contributed by atoms with Gasteiger partial charge in [-0.3, -0.25) is 4.79 Å². The molecule has 200 valence electrons. The van der Waals surface area contributed by atoms with Crippen molar-refractivity contribution < 1.29 is 27.1 Å². The van der Waals surface area contributed by atoms with Gasteiger partial charge in [0.1, 0.15) is 6.33 Å². The van der Waals surface area contributed by atoms with E-state index < -0.39 is 29.2 Å². The Morgan fingerprint density at radius 2 is 1.95 bits per heavy atom. The third kappa shape index (κ3) is 4.08. The molecule has 0 bridgehead atoms. The molecule has 7 nitrogen and oxygen atoms in total. The maximum Gasteiger partial charge on any atom is 0.416 e. The van der Waals surface area contributed by atoms with E-state index in [4.69, 9.17) is 4.74 Å². The number of carbonyl (C=O) groups is 1. The first kappa shape index (κ1) is 25.0. The lowest BCUT2D eigenvalue weighted by Gasteiger charge is -2.43. The summed E-state index contributed by atoms with van der Waals surface area (Å²) in [6.45, 7) is 2.26. The minimum absolute atomic E-state index is 0.0431. The standard InChI is InChI=1S/C27H27F4N5O2/c1-25(6-7-25)32-11-16-8-19-20(21(9-16)27(29,30)31)12-36(24(19)37)18-5-3-4-17(10-18)26(13-38-14-26)22(28)23-34-33-15-35(23)2/h3-5,8-10,15,22,32H,6-7,11-14H2,1-2H3/t22-/m0/s1. The fourth-order valence-electron chi connectivity index (χ4n) is 5.25. The predicted octanol–water partition coefficient (Wildman–Crippen LogP) is 4.62. The normalized spacial score (nSPS) is 20.3. The van der Waals surface area contributed by atoms with Crippen LogP contribution < -0.4 is 10.2 Å². The smallest absolute Gasteiger partial charge is 0.379 e. The molecule has 0 radical (unpaired) electrons. The Balaban J connectivity index is 1.33. The van der Waals surface area contributed by atoms with Crippen molar-refractivity contribution in [3.63, 3.8) is 0 Å². The van der Waals surface area contributed by atoms with Crippen molar-refractivity contribution in [1.82, 2.24) is 20.1 Å². The highest BCUT2D eigenvalue weighted by Crippen LogP contribution is 2.47. The van der Waals surface area contributed by atoms with Gasteiger partial charge in [0.15, 0.2) is 12.0 Å². The van der Waals surface area contributed by atoms with E-state index in [9.17, 15) is 18.0 Å². The topological polar surface area (TPSA) is 72.3 Å². The quantitative estimate of drug-likeness (QED) is 0.453. The Bertz CT molecular complexity index is 1410. The highest BCUT2D eigenvalue weighted by atomic mass is 19.4. The van der Waals surface area contributed by atoms with E-state index in [1.165, 1.54) is 15.8 Å². The molecular weight excluding hydrogens is 502 g/mol. The first-order valence-electron chi connectivity index (χ1n) is 12.5. The summed E-state index contributed by atoms with van der Waals surface area (Å²) in [4.78, 5) is 14.8. The summed E-state index contributed by atoms with van der Waals surface area (Å²) in [5, 5.41) is 11.0. The van der Waals surface area contributed by atoms with Gasteiger partial charge in [-0.2, -0.15) is 13.2 Å². The minimum Gasteiger partial charge on any atom is -0.379 e. The lowest BCUT2D eigenvalue weighted by Crippen LogP contribution is -2.50. The van der Waals surface area contributed by atoms with E-state index in [1.807, 2.05) is 6.92 Å². The van der Waals surface area contributed by atoms with Crippen LogP contribution in [0.3, 0.4) is 0 Å². The Morgan fingerprint density at radius 3 is 2.55 bits per heavy atom. The largest absolute Gasteiger partial charge is 0.416 e. The van der Waals surface area contributed by atoms with Crippen LogP contribution in [-0.2, 0) is 36.5 Å². The molecule has 1 amide bonds. The number of ether oxygens (including phenoxy) is 1. The van der Waals surface area contributed by atoms with Gasteiger partial charge in [-0.1, -0.05) is 12.1 Å². The number of fused-ring (bicyclic) bond motifs is 1. The lowest BCUT2D eigenvalue weighted by molar-refractivity contribution is -0.138. The van der Waals surface area contributed by atoms with Crippen LogP contribution in [0, 0.1) is 0 Å². The Morgan fingerprint density at radius 1 is 1.18 bits per heavy atom. The van der Waals surface area contributed by atoms with Crippen molar-refractivity contribution in [3.05, 3.63) is 76.4 Å². The molecule has 1 aliphatic carbocycles. The number of anilines is 1. The number of nitrogens with zero attached hydrogens (tertiary/aromatic N) is 4. The molecule has 2 fully saturated rings. The third-order valence-electron chi connectivity index (χ3n) is 8.04. The van der Waals surface area contributed by atoms with Crippen LogP contribution in [0.2, 0.25) is 0 Å². The molecule has 1 saturated heterocycles. The number of alkyl halides is 4. The van der Waals surface area contributed by atoms with Gasteiger partial charge in [0.05, 0.1) is 30.7 Å². The second kappa shape index (κ2) is 8.60. The van der Waals surface area contributed by atoms with Crippen LogP contribution in [-0.4, -0.2) is 39.4 Å². The number of carbonyl (C=O) groups excluding carboxylic acids is 1. The van der Waals surface area contributed by atoms with Crippen molar-refractivity contribution in [2.75, 3.05) is 18.1 Å². The maximum atomic E-state index is 15.8. The molecule has 38 heavy (non-hydrogen) atoms. The molecule has 2 aromatic carbocycles. The highest BCUT2D eigenvalue weighted by molar-refractivity contribution is 6.10. The predicted molar refractivity (Wildman–Crippen MR) is 130 cm³/mol. The maximum absolute atomic E-state index is 15.8. The van der Waals surface area contributed by atoms with E-state index in [0.717, 1.165) is 18.9 Å². The first-order chi connectivity index (χ1) is 18.0. The molecular formula is C27H27F4N5O2. The molecule has 0 spiro atoms. The molecule has 1 saturated carbocycles. The molecule has 1 N–H and O–H groups in total. The molecule has 3 heterocycles. The van der Waals surface area contributed by atoms with Crippen molar-refractivity contribution in [3.8, 4) is 0 Å². The Hall–Kier alpha value is -3.31. The lowest BCUT2D eigenvalue weighted by atomic mass is 9.74. The van der Waals surface area contributed by atoms with Crippen LogP contribution in [0.1, 0.15) is 64.4 Å². The van der Waals surface area contributed by atoms with Crippen LogP contribution in [0.4, 0.5) is 23.2 Å².